The first kappa shape index (κ1) is 16.0. The summed E-state index contributed by atoms with van der Waals surface area (Å²) in [4.78, 5) is 0. The van der Waals surface area contributed by atoms with Gasteiger partial charge in [0.05, 0.1) is 44.8 Å². The van der Waals surface area contributed by atoms with Gasteiger partial charge in [-0.2, -0.15) is 10.5 Å². The molecular weight excluding hydrogens is 256 g/mol. The second-order valence-electron chi connectivity index (χ2n) is 4.01. The number of hydrogen-bond acceptors (Lipinski definition) is 5. The number of ether oxygens (including phenoxy) is 3. The fourth-order valence-corrected chi connectivity index (χ4v) is 1.45. The Morgan fingerprint density at radius 1 is 0.950 bits per heavy atom. The summed E-state index contributed by atoms with van der Waals surface area (Å²) in [7, 11) is 0. The van der Waals surface area contributed by atoms with Gasteiger partial charge in [0.2, 0.25) is 0 Å². The predicted molar refractivity (Wildman–Crippen MR) is 73.0 cm³/mol. The Morgan fingerprint density at radius 2 is 1.65 bits per heavy atom. The normalized spacial score (nSPS) is 11.3. The maximum Gasteiger partial charge on any atom is 0.119 e. The molecule has 0 saturated heterocycles. The Hall–Kier alpha value is -2.08. The lowest BCUT2D eigenvalue weighted by Crippen LogP contribution is -2.28. The van der Waals surface area contributed by atoms with Crippen LogP contribution in [-0.2, 0) is 9.47 Å². The number of para-hydroxylation sites is 1. The molecule has 0 unspecified atom stereocenters. The van der Waals surface area contributed by atoms with E-state index in [2.05, 4.69) is 0 Å². The molecule has 5 nitrogen and oxygen atoms in total. The zero-order valence-corrected chi connectivity index (χ0v) is 11.3. The highest BCUT2D eigenvalue weighted by Crippen LogP contribution is 2.09. The van der Waals surface area contributed by atoms with E-state index in [4.69, 9.17) is 24.7 Å². The Bertz CT molecular complexity index is 437. The van der Waals surface area contributed by atoms with Gasteiger partial charge in [0.25, 0.3) is 0 Å². The van der Waals surface area contributed by atoms with E-state index >= 15 is 0 Å². The highest BCUT2D eigenvalue weighted by molar-refractivity contribution is 5.20. The highest BCUT2D eigenvalue weighted by Gasteiger charge is 2.10. The third kappa shape index (κ3) is 7.38. The topological polar surface area (TPSA) is 75.3 Å². The van der Waals surface area contributed by atoms with Crippen LogP contribution in [0.3, 0.4) is 0 Å². The van der Waals surface area contributed by atoms with Crippen LogP contribution in [0.1, 0.15) is 12.8 Å². The Labute approximate surface area is 119 Å². The van der Waals surface area contributed by atoms with Crippen molar-refractivity contribution >= 4 is 0 Å². The van der Waals surface area contributed by atoms with Crippen LogP contribution in [0.2, 0.25) is 0 Å². The van der Waals surface area contributed by atoms with Gasteiger partial charge in [-0.3, -0.25) is 0 Å². The predicted octanol–water partition coefficient (Wildman–Crippen LogP) is 2.29. The lowest BCUT2D eigenvalue weighted by molar-refractivity contribution is -0.0344. The molecule has 0 amide bonds. The average molecular weight is 274 g/mol. The molecule has 0 N–H and O–H groups in total. The van der Waals surface area contributed by atoms with Crippen molar-refractivity contribution < 1.29 is 14.2 Å². The van der Waals surface area contributed by atoms with Gasteiger partial charge in [-0.05, 0) is 12.1 Å². The monoisotopic (exact) mass is 274 g/mol. The van der Waals surface area contributed by atoms with E-state index in [1.54, 1.807) is 0 Å². The summed E-state index contributed by atoms with van der Waals surface area (Å²) in [5, 5.41) is 16.9. The van der Waals surface area contributed by atoms with Gasteiger partial charge in [0.15, 0.2) is 0 Å². The van der Waals surface area contributed by atoms with Gasteiger partial charge in [-0.25, -0.2) is 0 Å². The highest BCUT2D eigenvalue weighted by atomic mass is 16.6. The Morgan fingerprint density at radius 3 is 2.35 bits per heavy atom. The van der Waals surface area contributed by atoms with Crippen LogP contribution >= 0.6 is 0 Å². The van der Waals surface area contributed by atoms with Gasteiger partial charge >= 0.3 is 0 Å². The molecule has 0 aliphatic rings. The van der Waals surface area contributed by atoms with Crippen molar-refractivity contribution in [3.05, 3.63) is 30.3 Å². The molecule has 5 heteroatoms. The van der Waals surface area contributed by atoms with E-state index in [1.165, 1.54) is 0 Å². The zero-order valence-electron chi connectivity index (χ0n) is 11.3. The van der Waals surface area contributed by atoms with E-state index in [0.717, 1.165) is 5.75 Å². The van der Waals surface area contributed by atoms with E-state index in [0.29, 0.717) is 39.3 Å². The van der Waals surface area contributed by atoms with Gasteiger partial charge < -0.3 is 14.2 Å². The maximum atomic E-state index is 8.50. The molecular formula is C15H18N2O3. The lowest BCUT2D eigenvalue weighted by Gasteiger charge is -2.18. The Kier molecular flexibility index (Phi) is 8.63. The van der Waals surface area contributed by atoms with E-state index in [-0.39, 0.29) is 6.10 Å². The molecule has 0 fully saturated rings. The van der Waals surface area contributed by atoms with E-state index in [9.17, 15) is 0 Å². The molecule has 0 spiro atoms. The second kappa shape index (κ2) is 10.8. The van der Waals surface area contributed by atoms with Gasteiger partial charge in [0, 0.05) is 0 Å². The zero-order chi connectivity index (χ0) is 14.5. The fraction of sp³-hybridized carbons (Fsp3) is 0.467. The van der Waals surface area contributed by atoms with Crippen molar-refractivity contribution in [3.8, 4) is 17.9 Å². The van der Waals surface area contributed by atoms with Crippen LogP contribution in [0.4, 0.5) is 0 Å². The van der Waals surface area contributed by atoms with Crippen LogP contribution in [-0.4, -0.2) is 32.5 Å². The summed E-state index contributed by atoms with van der Waals surface area (Å²) < 4.78 is 16.5. The molecule has 1 atom stereocenters. The summed E-state index contributed by atoms with van der Waals surface area (Å²) in [5.74, 6) is 0.762. The van der Waals surface area contributed by atoms with Crippen LogP contribution in [0.25, 0.3) is 0 Å². The molecule has 0 aromatic heterocycles. The van der Waals surface area contributed by atoms with Crippen LogP contribution in [0, 0.1) is 22.7 Å². The quantitative estimate of drug-likeness (QED) is 0.612. The van der Waals surface area contributed by atoms with Gasteiger partial charge in [-0.15, -0.1) is 0 Å². The number of hydrogen-bond donors (Lipinski definition) is 0. The third-order valence-corrected chi connectivity index (χ3v) is 2.41. The van der Waals surface area contributed by atoms with Crippen molar-refractivity contribution in [2.75, 3.05) is 26.4 Å². The van der Waals surface area contributed by atoms with Gasteiger partial charge in [0.1, 0.15) is 18.5 Å². The summed E-state index contributed by atoms with van der Waals surface area (Å²) in [5.41, 5.74) is 0. The molecule has 106 valence electrons. The molecule has 0 heterocycles. The minimum atomic E-state index is -0.248. The first-order valence-corrected chi connectivity index (χ1v) is 6.48. The molecule has 20 heavy (non-hydrogen) atoms. The van der Waals surface area contributed by atoms with Crippen molar-refractivity contribution in [2.45, 2.75) is 18.9 Å². The van der Waals surface area contributed by atoms with E-state index in [1.807, 2.05) is 42.5 Å². The fourth-order valence-electron chi connectivity index (χ4n) is 1.45. The first-order valence-electron chi connectivity index (χ1n) is 6.48. The minimum Gasteiger partial charge on any atom is -0.491 e. The molecule has 0 saturated carbocycles. The average Bonchev–Trinajstić information content (AvgIpc) is 2.49. The van der Waals surface area contributed by atoms with Crippen LogP contribution < -0.4 is 4.74 Å². The number of benzene rings is 1. The molecule has 1 aromatic rings. The first-order chi connectivity index (χ1) is 9.86. The lowest BCUT2D eigenvalue weighted by atomic mass is 10.3. The SMILES string of the molecule is N#CCCOC[C@H](COc1ccccc1)OCCC#N. The summed E-state index contributed by atoms with van der Waals surface area (Å²) in [6, 6.07) is 13.5. The third-order valence-electron chi connectivity index (χ3n) is 2.41. The summed E-state index contributed by atoms with van der Waals surface area (Å²) >= 11 is 0. The number of nitrogens with zero attached hydrogens (tertiary/aromatic N) is 2. The molecule has 1 aromatic carbocycles. The van der Waals surface area contributed by atoms with Crippen molar-refractivity contribution in [2.24, 2.45) is 0 Å². The summed E-state index contributed by atoms with van der Waals surface area (Å²) in [6.07, 6.45) is 0.437. The van der Waals surface area contributed by atoms with Crippen molar-refractivity contribution in [3.63, 3.8) is 0 Å². The number of nitriles is 2. The maximum absolute atomic E-state index is 8.50. The van der Waals surface area contributed by atoms with Gasteiger partial charge in [-0.1, -0.05) is 18.2 Å². The molecule has 1 rings (SSSR count). The van der Waals surface area contributed by atoms with Crippen molar-refractivity contribution in [1.82, 2.24) is 0 Å². The standard InChI is InChI=1S/C15H18N2O3/c16-8-4-10-18-12-15(19-11-5-9-17)13-20-14-6-2-1-3-7-14/h1-3,6-7,15H,4-5,10-13H2/t15-/m1/s1. The van der Waals surface area contributed by atoms with Crippen LogP contribution in [0.5, 0.6) is 5.75 Å². The summed E-state index contributed by atoms with van der Waals surface area (Å²) in [6.45, 7) is 1.42. The van der Waals surface area contributed by atoms with Crippen LogP contribution in [0.15, 0.2) is 30.3 Å². The second-order valence-corrected chi connectivity index (χ2v) is 4.01. The molecule has 0 aliphatic carbocycles. The number of rotatable bonds is 10. The minimum absolute atomic E-state index is 0.248. The largest absolute Gasteiger partial charge is 0.491 e. The van der Waals surface area contributed by atoms with Crippen molar-refractivity contribution in [1.29, 1.82) is 10.5 Å². The molecule has 0 aliphatic heterocycles. The molecule has 0 radical (unpaired) electrons. The Balaban J connectivity index is 2.33. The van der Waals surface area contributed by atoms with E-state index < -0.39 is 0 Å². The molecule has 0 bridgehead atoms. The smallest absolute Gasteiger partial charge is 0.119 e.